The van der Waals surface area contributed by atoms with Crippen LogP contribution < -0.4 is 5.73 Å². The second-order valence-corrected chi connectivity index (χ2v) is 3.56. The van der Waals surface area contributed by atoms with Gasteiger partial charge in [-0.1, -0.05) is 0 Å². The van der Waals surface area contributed by atoms with Gasteiger partial charge in [0.05, 0.1) is 23.4 Å². The van der Waals surface area contributed by atoms with Gasteiger partial charge in [0, 0.05) is 24.2 Å². The SMILES string of the molecule is Cn1cc(C(N)c2cscn2)cn1. The summed E-state index contributed by atoms with van der Waals surface area (Å²) in [6.07, 6.45) is 3.67. The van der Waals surface area contributed by atoms with Gasteiger partial charge in [-0.05, 0) is 0 Å². The van der Waals surface area contributed by atoms with E-state index in [2.05, 4.69) is 10.1 Å². The number of rotatable bonds is 2. The molecule has 2 rings (SSSR count). The molecule has 0 aliphatic heterocycles. The van der Waals surface area contributed by atoms with Crippen LogP contribution in [0.15, 0.2) is 23.3 Å². The summed E-state index contributed by atoms with van der Waals surface area (Å²) in [5.74, 6) is 0. The molecule has 0 aliphatic carbocycles. The van der Waals surface area contributed by atoms with Crippen LogP contribution in [-0.4, -0.2) is 14.8 Å². The lowest BCUT2D eigenvalue weighted by atomic mass is 10.1. The first kappa shape index (κ1) is 8.40. The van der Waals surface area contributed by atoms with E-state index in [0.717, 1.165) is 11.3 Å². The van der Waals surface area contributed by atoms with Crippen molar-refractivity contribution < 1.29 is 0 Å². The Labute approximate surface area is 80.0 Å². The van der Waals surface area contributed by atoms with Gasteiger partial charge in [0.2, 0.25) is 0 Å². The highest BCUT2D eigenvalue weighted by Crippen LogP contribution is 2.17. The van der Waals surface area contributed by atoms with Crippen molar-refractivity contribution in [2.24, 2.45) is 12.8 Å². The molecular weight excluding hydrogens is 184 g/mol. The molecule has 5 heteroatoms. The average Bonchev–Trinajstić information content (AvgIpc) is 2.72. The quantitative estimate of drug-likeness (QED) is 0.773. The normalized spacial score (nSPS) is 13.1. The lowest BCUT2D eigenvalue weighted by Gasteiger charge is -2.04. The van der Waals surface area contributed by atoms with Crippen LogP contribution in [0.3, 0.4) is 0 Å². The van der Waals surface area contributed by atoms with Crippen LogP contribution in [0.25, 0.3) is 0 Å². The first-order chi connectivity index (χ1) is 6.27. The highest BCUT2D eigenvalue weighted by atomic mass is 32.1. The molecule has 2 heterocycles. The molecule has 0 saturated heterocycles. The van der Waals surface area contributed by atoms with Crippen molar-refractivity contribution in [1.29, 1.82) is 0 Å². The van der Waals surface area contributed by atoms with E-state index in [9.17, 15) is 0 Å². The first-order valence-corrected chi connectivity index (χ1v) is 4.84. The molecule has 2 aromatic rings. The number of nitrogens with zero attached hydrogens (tertiary/aromatic N) is 3. The van der Waals surface area contributed by atoms with Crippen molar-refractivity contribution in [1.82, 2.24) is 14.8 Å². The summed E-state index contributed by atoms with van der Waals surface area (Å²) in [6.45, 7) is 0. The fourth-order valence-electron chi connectivity index (χ4n) is 1.15. The number of aryl methyl sites for hydroxylation is 1. The van der Waals surface area contributed by atoms with Gasteiger partial charge >= 0.3 is 0 Å². The van der Waals surface area contributed by atoms with E-state index < -0.39 is 0 Å². The van der Waals surface area contributed by atoms with E-state index in [4.69, 9.17) is 5.73 Å². The molecule has 0 spiro atoms. The van der Waals surface area contributed by atoms with Crippen LogP contribution in [0, 0.1) is 0 Å². The Morgan fingerprint density at radius 2 is 2.46 bits per heavy atom. The van der Waals surface area contributed by atoms with Gasteiger partial charge in [0.15, 0.2) is 0 Å². The first-order valence-electron chi connectivity index (χ1n) is 3.89. The van der Waals surface area contributed by atoms with E-state index in [0.29, 0.717) is 0 Å². The standard InChI is InChI=1S/C8H10N4S/c1-12-3-6(2-11-12)8(9)7-4-13-5-10-7/h2-5,8H,9H2,1H3. The largest absolute Gasteiger partial charge is 0.319 e. The second kappa shape index (κ2) is 3.27. The molecule has 0 saturated carbocycles. The lowest BCUT2D eigenvalue weighted by Crippen LogP contribution is -2.11. The van der Waals surface area contributed by atoms with Gasteiger partial charge in [-0.2, -0.15) is 5.10 Å². The number of hydrogen-bond donors (Lipinski definition) is 1. The van der Waals surface area contributed by atoms with Gasteiger partial charge in [-0.3, -0.25) is 4.68 Å². The van der Waals surface area contributed by atoms with Gasteiger partial charge in [0.1, 0.15) is 0 Å². The van der Waals surface area contributed by atoms with Crippen LogP contribution in [0.1, 0.15) is 17.3 Å². The molecule has 1 unspecified atom stereocenters. The van der Waals surface area contributed by atoms with E-state index >= 15 is 0 Å². The molecule has 0 aliphatic rings. The fourth-order valence-corrected chi connectivity index (χ4v) is 1.74. The van der Waals surface area contributed by atoms with Gasteiger partial charge in [-0.15, -0.1) is 11.3 Å². The van der Waals surface area contributed by atoms with Crippen molar-refractivity contribution in [3.05, 3.63) is 34.5 Å². The molecule has 13 heavy (non-hydrogen) atoms. The van der Waals surface area contributed by atoms with Gasteiger partial charge < -0.3 is 5.73 Å². The predicted octanol–water partition coefficient (Wildman–Crippen LogP) is 0.925. The summed E-state index contributed by atoms with van der Waals surface area (Å²) in [5, 5.41) is 6.02. The summed E-state index contributed by atoms with van der Waals surface area (Å²) < 4.78 is 1.74. The van der Waals surface area contributed by atoms with Gasteiger partial charge in [0.25, 0.3) is 0 Å². The van der Waals surface area contributed by atoms with Crippen LogP contribution in [-0.2, 0) is 7.05 Å². The van der Waals surface area contributed by atoms with E-state index in [1.165, 1.54) is 0 Å². The second-order valence-electron chi connectivity index (χ2n) is 2.84. The minimum atomic E-state index is -0.153. The Kier molecular flexibility index (Phi) is 2.12. The monoisotopic (exact) mass is 194 g/mol. The van der Waals surface area contributed by atoms with Crippen LogP contribution in [0.2, 0.25) is 0 Å². The van der Waals surface area contributed by atoms with Gasteiger partial charge in [-0.25, -0.2) is 4.98 Å². The van der Waals surface area contributed by atoms with E-state index in [-0.39, 0.29) is 6.04 Å². The Balaban J connectivity index is 2.28. The number of nitrogens with two attached hydrogens (primary N) is 1. The smallest absolute Gasteiger partial charge is 0.0795 e. The Hall–Kier alpha value is -1.20. The molecular formula is C8H10N4S. The zero-order valence-corrected chi connectivity index (χ0v) is 8.03. The maximum Gasteiger partial charge on any atom is 0.0795 e. The Morgan fingerprint density at radius 1 is 1.62 bits per heavy atom. The number of hydrogen-bond acceptors (Lipinski definition) is 4. The summed E-state index contributed by atoms with van der Waals surface area (Å²) in [5.41, 5.74) is 9.64. The maximum absolute atomic E-state index is 5.96. The minimum Gasteiger partial charge on any atom is -0.319 e. The molecule has 0 aromatic carbocycles. The Bertz CT molecular complexity index is 379. The maximum atomic E-state index is 5.96. The predicted molar refractivity (Wildman–Crippen MR) is 51.4 cm³/mol. The van der Waals surface area contributed by atoms with Crippen LogP contribution >= 0.6 is 11.3 Å². The zero-order valence-electron chi connectivity index (χ0n) is 7.21. The fraction of sp³-hybridized carbons (Fsp3) is 0.250. The van der Waals surface area contributed by atoms with Crippen molar-refractivity contribution >= 4 is 11.3 Å². The topological polar surface area (TPSA) is 56.7 Å². The van der Waals surface area contributed by atoms with Crippen LogP contribution in [0.4, 0.5) is 0 Å². The molecule has 0 amide bonds. The summed E-state index contributed by atoms with van der Waals surface area (Å²) in [4.78, 5) is 4.16. The molecule has 2 aromatic heterocycles. The molecule has 1 atom stereocenters. The third-order valence-corrected chi connectivity index (χ3v) is 2.46. The molecule has 0 fully saturated rings. The third-order valence-electron chi connectivity index (χ3n) is 1.85. The summed E-state index contributed by atoms with van der Waals surface area (Å²) in [7, 11) is 1.87. The average molecular weight is 194 g/mol. The molecule has 0 bridgehead atoms. The van der Waals surface area contributed by atoms with Crippen molar-refractivity contribution in [3.8, 4) is 0 Å². The van der Waals surface area contributed by atoms with E-state index in [1.54, 1.807) is 27.7 Å². The highest BCUT2D eigenvalue weighted by Gasteiger charge is 2.11. The Morgan fingerprint density at radius 3 is 3.00 bits per heavy atom. The third kappa shape index (κ3) is 1.61. The molecule has 2 N–H and O–H groups in total. The lowest BCUT2D eigenvalue weighted by molar-refractivity contribution is 0.764. The molecule has 68 valence electrons. The zero-order chi connectivity index (χ0) is 9.26. The summed E-state index contributed by atoms with van der Waals surface area (Å²) in [6, 6.07) is -0.153. The molecule has 0 radical (unpaired) electrons. The number of aromatic nitrogens is 3. The van der Waals surface area contributed by atoms with Crippen molar-refractivity contribution in [2.75, 3.05) is 0 Å². The van der Waals surface area contributed by atoms with Crippen molar-refractivity contribution in [3.63, 3.8) is 0 Å². The minimum absolute atomic E-state index is 0.153. The highest BCUT2D eigenvalue weighted by molar-refractivity contribution is 7.07. The summed E-state index contributed by atoms with van der Waals surface area (Å²) >= 11 is 1.55. The van der Waals surface area contributed by atoms with Crippen LogP contribution in [0.5, 0.6) is 0 Å². The van der Waals surface area contributed by atoms with Crippen molar-refractivity contribution in [2.45, 2.75) is 6.04 Å². The van der Waals surface area contributed by atoms with E-state index in [1.807, 2.05) is 18.6 Å². The number of thiazole rings is 1. The molecule has 4 nitrogen and oxygen atoms in total.